The summed E-state index contributed by atoms with van der Waals surface area (Å²) in [5.41, 5.74) is 2.64. The molecular weight excluding hydrogens is 220 g/mol. The van der Waals surface area contributed by atoms with Gasteiger partial charge in [-0.2, -0.15) is 0 Å². The molecule has 1 aliphatic carbocycles. The zero-order valence-corrected chi connectivity index (χ0v) is 11.7. The Morgan fingerprint density at radius 2 is 1.83 bits per heavy atom. The van der Waals surface area contributed by atoms with Crippen molar-refractivity contribution in [3.63, 3.8) is 0 Å². The van der Waals surface area contributed by atoms with Crippen LogP contribution in [0.25, 0.3) is 0 Å². The smallest absolute Gasteiger partial charge is 0.0345 e. The number of nitrogens with one attached hydrogen (secondary N) is 2. The molecule has 1 fully saturated rings. The van der Waals surface area contributed by atoms with Gasteiger partial charge in [0.05, 0.1) is 0 Å². The predicted molar refractivity (Wildman–Crippen MR) is 79.0 cm³/mol. The fourth-order valence-electron chi connectivity index (χ4n) is 2.72. The van der Waals surface area contributed by atoms with Crippen molar-refractivity contribution >= 4 is 5.69 Å². The first kappa shape index (κ1) is 13.4. The fraction of sp³-hybridized carbons (Fsp3) is 0.625. The lowest BCUT2D eigenvalue weighted by molar-refractivity contribution is 0.619. The van der Waals surface area contributed by atoms with Gasteiger partial charge in [0, 0.05) is 17.8 Å². The van der Waals surface area contributed by atoms with E-state index in [2.05, 4.69) is 41.8 Å². The first-order chi connectivity index (χ1) is 8.79. The van der Waals surface area contributed by atoms with Gasteiger partial charge >= 0.3 is 0 Å². The molecule has 2 N–H and O–H groups in total. The van der Waals surface area contributed by atoms with Gasteiger partial charge in [-0.25, -0.2) is 0 Å². The summed E-state index contributed by atoms with van der Waals surface area (Å²) in [5, 5.41) is 7.01. The van der Waals surface area contributed by atoms with E-state index in [0.29, 0.717) is 12.1 Å². The average molecular weight is 246 g/mol. The molecule has 0 bridgehead atoms. The van der Waals surface area contributed by atoms with Crippen LogP contribution >= 0.6 is 0 Å². The number of rotatable bonds is 4. The summed E-state index contributed by atoms with van der Waals surface area (Å²) in [6, 6.07) is 9.92. The third-order valence-electron chi connectivity index (χ3n) is 4.05. The van der Waals surface area contributed by atoms with Gasteiger partial charge in [-0.3, -0.25) is 0 Å². The molecule has 0 heterocycles. The van der Waals surface area contributed by atoms with Crippen molar-refractivity contribution in [2.45, 2.75) is 57.5 Å². The van der Waals surface area contributed by atoms with Crippen LogP contribution in [0.4, 0.5) is 5.69 Å². The molecule has 1 aliphatic rings. The summed E-state index contributed by atoms with van der Waals surface area (Å²) >= 11 is 0. The molecule has 2 nitrogen and oxygen atoms in total. The lowest BCUT2D eigenvalue weighted by atomic mass is 10.1. The monoisotopic (exact) mass is 246 g/mol. The van der Waals surface area contributed by atoms with E-state index < -0.39 is 0 Å². The van der Waals surface area contributed by atoms with Crippen LogP contribution in [-0.4, -0.2) is 13.1 Å². The molecule has 2 rings (SSSR count). The minimum Gasteiger partial charge on any atom is -0.382 e. The van der Waals surface area contributed by atoms with Gasteiger partial charge in [0.1, 0.15) is 0 Å². The molecule has 2 heteroatoms. The molecule has 0 aliphatic heterocycles. The molecule has 0 radical (unpaired) electrons. The summed E-state index contributed by atoms with van der Waals surface area (Å²) in [5.74, 6) is 0. The SMILES string of the molecule is CNC(C)c1cccc(NC2CCCCCC2)c1. The molecule has 1 aromatic rings. The van der Waals surface area contributed by atoms with Crippen molar-refractivity contribution in [2.75, 3.05) is 12.4 Å². The molecular formula is C16H26N2. The van der Waals surface area contributed by atoms with Gasteiger partial charge in [-0.1, -0.05) is 37.8 Å². The third-order valence-corrected chi connectivity index (χ3v) is 4.05. The Hall–Kier alpha value is -1.02. The highest BCUT2D eigenvalue weighted by Crippen LogP contribution is 2.23. The second-order valence-electron chi connectivity index (χ2n) is 5.47. The summed E-state index contributed by atoms with van der Waals surface area (Å²) < 4.78 is 0. The van der Waals surface area contributed by atoms with Crippen LogP contribution < -0.4 is 10.6 Å². The first-order valence-electron chi connectivity index (χ1n) is 7.33. The van der Waals surface area contributed by atoms with Gasteiger partial charge in [-0.05, 0) is 44.5 Å². The number of benzene rings is 1. The maximum absolute atomic E-state index is 3.71. The molecule has 100 valence electrons. The van der Waals surface area contributed by atoms with Gasteiger partial charge in [0.25, 0.3) is 0 Å². The maximum atomic E-state index is 3.71. The topological polar surface area (TPSA) is 24.1 Å². The van der Waals surface area contributed by atoms with Gasteiger partial charge < -0.3 is 10.6 Å². The molecule has 0 saturated heterocycles. The van der Waals surface area contributed by atoms with Gasteiger partial charge in [0.15, 0.2) is 0 Å². The summed E-state index contributed by atoms with van der Waals surface area (Å²) in [7, 11) is 2.01. The van der Waals surface area contributed by atoms with E-state index in [0.717, 1.165) is 0 Å². The van der Waals surface area contributed by atoms with E-state index in [4.69, 9.17) is 0 Å². The van der Waals surface area contributed by atoms with Crippen molar-refractivity contribution in [3.05, 3.63) is 29.8 Å². The van der Waals surface area contributed by atoms with Gasteiger partial charge in [0.2, 0.25) is 0 Å². The summed E-state index contributed by atoms with van der Waals surface area (Å²) in [6.07, 6.45) is 8.23. The second kappa shape index (κ2) is 6.79. The summed E-state index contributed by atoms with van der Waals surface area (Å²) in [6.45, 7) is 2.20. The molecule has 1 atom stereocenters. The molecule has 0 amide bonds. The maximum Gasteiger partial charge on any atom is 0.0345 e. The zero-order valence-electron chi connectivity index (χ0n) is 11.7. The normalized spacial score (nSPS) is 19.2. The van der Waals surface area contributed by atoms with Crippen molar-refractivity contribution in [1.29, 1.82) is 0 Å². The van der Waals surface area contributed by atoms with Crippen LogP contribution in [0.15, 0.2) is 24.3 Å². The third kappa shape index (κ3) is 3.74. The van der Waals surface area contributed by atoms with E-state index >= 15 is 0 Å². The Kier molecular flexibility index (Phi) is 5.06. The highest BCUT2D eigenvalue weighted by atomic mass is 14.9. The number of hydrogen-bond acceptors (Lipinski definition) is 2. The Labute approximate surface area is 111 Å². The van der Waals surface area contributed by atoms with Crippen LogP contribution in [0.2, 0.25) is 0 Å². The average Bonchev–Trinajstić information content (AvgIpc) is 2.67. The van der Waals surface area contributed by atoms with Crippen molar-refractivity contribution in [1.82, 2.24) is 5.32 Å². The highest BCUT2D eigenvalue weighted by Gasteiger charge is 2.12. The van der Waals surface area contributed by atoms with E-state index in [-0.39, 0.29) is 0 Å². The Morgan fingerprint density at radius 1 is 1.11 bits per heavy atom. The van der Waals surface area contributed by atoms with Crippen LogP contribution in [0.1, 0.15) is 57.1 Å². The second-order valence-corrected chi connectivity index (χ2v) is 5.47. The molecule has 0 aromatic heterocycles. The highest BCUT2D eigenvalue weighted by molar-refractivity contribution is 5.47. The lowest BCUT2D eigenvalue weighted by Gasteiger charge is -2.19. The van der Waals surface area contributed by atoms with E-state index in [1.807, 2.05) is 7.05 Å². The Bertz CT molecular complexity index is 354. The lowest BCUT2D eigenvalue weighted by Crippen LogP contribution is -2.19. The minimum absolute atomic E-state index is 0.417. The molecule has 18 heavy (non-hydrogen) atoms. The van der Waals surface area contributed by atoms with Crippen LogP contribution in [0, 0.1) is 0 Å². The zero-order chi connectivity index (χ0) is 12.8. The van der Waals surface area contributed by atoms with Crippen molar-refractivity contribution < 1.29 is 0 Å². The molecule has 1 saturated carbocycles. The standard InChI is InChI=1S/C16H26N2/c1-13(17-2)14-8-7-11-16(12-14)18-15-9-5-3-4-6-10-15/h7-8,11-13,15,17-18H,3-6,9-10H2,1-2H3. The largest absolute Gasteiger partial charge is 0.382 e. The van der Waals surface area contributed by atoms with E-state index in [1.54, 1.807) is 0 Å². The number of hydrogen-bond donors (Lipinski definition) is 2. The molecule has 1 aromatic carbocycles. The van der Waals surface area contributed by atoms with E-state index in [1.165, 1.54) is 49.8 Å². The quantitative estimate of drug-likeness (QED) is 0.782. The Balaban J connectivity index is 1.99. The minimum atomic E-state index is 0.417. The van der Waals surface area contributed by atoms with Crippen LogP contribution in [0.5, 0.6) is 0 Å². The van der Waals surface area contributed by atoms with Crippen molar-refractivity contribution in [2.24, 2.45) is 0 Å². The first-order valence-corrected chi connectivity index (χ1v) is 7.33. The molecule has 0 spiro atoms. The van der Waals surface area contributed by atoms with Crippen molar-refractivity contribution in [3.8, 4) is 0 Å². The van der Waals surface area contributed by atoms with Crippen LogP contribution in [0.3, 0.4) is 0 Å². The van der Waals surface area contributed by atoms with Gasteiger partial charge in [-0.15, -0.1) is 0 Å². The van der Waals surface area contributed by atoms with E-state index in [9.17, 15) is 0 Å². The predicted octanol–water partition coefficient (Wildman–Crippen LogP) is 4.10. The van der Waals surface area contributed by atoms with Crippen LogP contribution in [-0.2, 0) is 0 Å². The summed E-state index contributed by atoms with van der Waals surface area (Å²) in [4.78, 5) is 0. The molecule has 1 unspecified atom stereocenters. The number of anilines is 1. The Morgan fingerprint density at radius 3 is 2.50 bits per heavy atom. The fourth-order valence-corrected chi connectivity index (χ4v) is 2.72.